The highest BCUT2D eigenvalue weighted by Gasteiger charge is 2.12. The average Bonchev–Trinajstić information content (AvgIpc) is 2.33. The summed E-state index contributed by atoms with van der Waals surface area (Å²) in [4.78, 5) is 2.28. The highest BCUT2D eigenvalue weighted by Crippen LogP contribution is 2.17. The average molecular weight is 238 g/mol. The van der Waals surface area contributed by atoms with Gasteiger partial charge in [-0.2, -0.15) is 0 Å². The van der Waals surface area contributed by atoms with Crippen molar-refractivity contribution in [3.8, 4) is 0 Å². The first-order valence-electron chi connectivity index (χ1n) is 6.42. The van der Waals surface area contributed by atoms with Gasteiger partial charge in [0.25, 0.3) is 0 Å². The van der Waals surface area contributed by atoms with Crippen molar-refractivity contribution < 1.29 is 4.39 Å². The second-order valence-corrected chi connectivity index (χ2v) is 4.32. The Morgan fingerprint density at radius 1 is 1.24 bits per heavy atom. The van der Waals surface area contributed by atoms with Gasteiger partial charge in [-0.25, -0.2) is 4.39 Å². The van der Waals surface area contributed by atoms with Crippen molar-refractivity contribution in [2.75, 3.05) is 24.5 Å². The Labute approximate surface area is 104 Å². The molecule has 0 aromatic heterocycles. The number of nitrogens with zero attached hydrogens (tertiary/aromatic N) is 1. The standard InChI is InChI=1S/C14H23FN2/c1-4-10-16-11-12(3)17(5-2)14-8-6-13(15)7-9-14/h6-9,12,16H,4-5,10-11H2,1-3H3. The monoisotopic (exact) mass is 238 g/mol. The van der Waals surface area contributed by atoms with Crippen molar-refractivity contribution >= 4 is 5.69 Å². The zero-order chi connectivity index (χ0) is 12.7. The summed E-state index contributed by atoms with van der Waals surface area (Å²) in [5, 5.41) is 3.42. The number of likely N-dealkylation sites (N-methyl/N-ethyl adjacent to an activating group) is 1. The Kier molecular flexibility index (Phi) is 5.98. The Morgan fingerprint density at radius 3 is 2.41 bits per heavy atom. The SMILES string of the molecule is CCCNCC(C)N(CC)c1ccc(F)cc1. The van der Waals surface area contributed by atoms with Crippen LogP contribution in [0, 0.1) is 5.82 Å². The maximum absolute atomic E-state index is 12.9. The molecule has 3 heteroatoms. The number of halogens is 1. The van der Waals surface area contributed by atoms with E-state index < -0.39 is 0 Å². The fourth-order valence-electron chi connectivity index (χ4n) is 1.98. The molecule has 1 unspecified atom stereocenters. The molecule has 0 aliphatic carbocycles. The lowest BCUT2D eigenvalue weighted by atomic mass is 10.2. The Morgan fingerprint density at radius 2 is 1.88 bits per heavy atom. The first-order chi connectivity index (χ1) is 8.19. The van der Waals surface area contributed by atoms with Crippen LogP contribution >= 0.6 is 0 Å². The van der Waals surface area contributed by atoms with Gasteiger partial charge in [-0.15, -0.1) is 0 Å². The van der Waals surface area contributed by atoms with Crippen molar-refractivity contribution in [3.63, 3.8) is 0 Å². The maximum atomic E-state index is 12.9. The molecule has 0 aliphatic heterocycles. The molecule has 0 radical (unpaired) electrons. The first kappa shape index (κ1) is 14.0. The van der Waals surface area contributed by atoms with E-state index in [9.17, 15) is 4.39 Å². The van der Waals surface area contributed by atoms with Gasteiger partial charge in [0.15, 0.2) is 0 Å². The lowest BCUT2D eigenvalue weighted by Gasteiger charge is -2.30. The predicted molar refractivity (Wildman–Crippen MR) is 72.0 cm³/mol. The van der Waals surface area contributed by atoms with Crippen molar-refractivity contribution in [2.24, 2.45) is 0 Å². The first-order valence-corrected chi connectivity index (χ1v) is 6.42. The van der Waals surface area contributed by atoms with E-state index in [1.165, 1.54) is 12.1 Å². The van der Waals surface area contributed by atoms with Crippen LogP contribution < -0.4 is 10.2 Å². The fraction of sp³-hybridized carbons (Fsp3) is 0.571. The van der Waals surface area contributed by atoms with E-state index in [1.54, 1.807) is 0 Å². The molecule has 17 heavy (non-hydrogen) atoms. The van der Waals surface area contributed by atoms with Crippen molar-refractivity contribution in [3.05, 3.63) is 30.1 Å². The van der Waals surface area contributed by atoms with Gasteiger partial charge in [-0.05, 0) is 51.1 Å². The molecule has 0 amide bonds. The van der Waals surface area contributed by atoms with Crippen molar-refractivity contribution in [1.29, 1.82) is 0 Å². The third-order valence-electron chi connectivity index (χ3n) is 2.90. The minimum Gasteiger partial charge on any atom is -0.368 e. The summed E-state index contributed by atoms with van der Waals surface area (Å²) >= 11 is 0. The molecule has 1 N–H and O–H groups in total. The number of hydrogen-bond donors (Lipinski definition) is 1. The molecule has 0 saturated carbocycles. The zero-order valence-corrected chi connectivity index (χ0v) is 11.0. The molecule has 1 atom stereocenters. The van der Waals surface area contributed by atoms with E-state index in [0.717, 1.165) is 31.7 Å². The van der Waals surface area contributed by atoms with Gasteiger partial charge in [0.05, 0.1) is 0 Å². The van der Waals surface area contributed by atoms with E-state index in [2.05, 4.69) is 31.0 Å². The molecule has 0 bridgehead atoms. The van der Waals surface area contributed by atoms with Gasteiger partial charge in [0, 0.05) is 24.8 Å². The molecule has 0 heterocycles. The summed E-state index contributed by atoms with van der Waals surface area (Å²) in [5.41, 5.74) is 1.08. The van der Waals surface area contributed by atoms with Crippen LogP contribution in [0.25, 0.3) is 0 Å². The molecule has 1 rings (SSSR count). The van der Waals surface area contributed by atoms with Crippen molar-refractivity contribution in [2.45, 2.75) is 33.2 Å². The quantitative estimate of drug-likeness (QED) is 0.734. The molecular formula is C14H23FN2. The number of nitrogens with one attached hydrogen (secondary N) is 1. The third kappa shape index (κ3) is 4.35. The van der Waals surface area contributed by atoms with Gasteiger partial charge in [-0.3, -0.25) is 0 Å². The molecule has 0 aliphatic rings. The van der Waals surface area contributed by atoms with Gasteiger partial charge in [0.2, 0.25) is 0 Å². The van der Waals surface area contributed by atoms with Crippen LogP contribution in [0.1, 0.15) is 27.2 Å². The van der Waals surface area contributed by atoms with Crippen LogP contribution in [-0.4, -0.2) is 25.7 Å². The van der Waals surface area contributed by atoms with Crippen molar-refractivity contribution in [1.82, 2.24) is 5.32 Å². The molecule has 0 saturated heterocycles. The summed E-state index contributed by atoms with van der Waals surface area (Å²) in [5.74, 6) is -0.179. The van der Waals surface area contributed by atoms with Crippen LogP contribution in [0.4, 0.5) is 10.1 Å². The van der Waals surface area contributed by atoms with Crippen LogP contribution in [0.3, 0.4) is 0 Å². The van der Waals surface area contributed by atoms with Crippen LogP contribution in [-0.2, 0) is 0 Å². The molecule has 1 aromatic carbocycles. The van der Waals surface area contributed by atoms with Gasteiger partial charge >= 0.3 is 0 Å². The topological polar surface area (TPSA) is 15.3 Å². The summed E-state index contributed by atoms with van der Waals surface area (Å²) in [6.45, 7) is 9.41. The minimum absolute atomic E-state index is 0.179. The maximum Gasteiger partial charge on any atom is 0.123 e. The van der Waals surface area contributed by atoms with Gasteiger partial charge in [-0.1, -0.05) is 6.92 Å². The van der Waals surface area contributed by atoms with E-state index in [0.29, 0.717) is 6.04 Å². The van der Waals surface area contributed by atoms with Crippen LogP contribution in [0.2, 0.25) is 0 Å². The van der Waals surface area contributed by atoms with Crippen LogP contribution in [0.15, 0.2) is 24.3 Å². The van der Waals surface area contributed by atoms with E-state index >= 15 is 0 Å². The van der Waals surface area contributed by atoms with E-state index in [1.807, 2.05) is 12.1 Å². The largest absolute Gasteiger partial charge is 0.368 e. The molecule has 0 spiro atoms. The summed E-state index contributed by atoms with van der Waals surface area (Å²) in [6, 6.07) is 7.13. The normalized spacial score (nSPS) is 12.5. The molecule has 1 aromatic rings. The number of anilines is 1. The molecule has 2 nitrogen and oxygen atoms in total. The van der Waals surface area contributed by atoms with E-state index in [-0.39, 0.29) is 5.82 Å². The Hall–Kier alpha value is -1.09. The smallest absolute Gasteiger partial charge is 0.123 e. The van der Waals surface area contributed by atoms with Crippen LogP contribution in [0.5, 0.6) is 0 Å². The third-order valence-corrected chi connectivity index (χ3v) is 2.90. The fourth-order valence-corrected chi connectivity index (χ4v) is 1.98. The molecular weight excluding hydrogens is 215 g/mol. The number of hydrogen-bond acceptors (Lipinski definition) is 2. The highest BCUT2D eigenvalue weighted by atomic mass is 19.1. The zero-order valence-electron chi connectivity index (χ0n) is 11.0. The highest BCUT2D eigenvalue weighted by molar-refractivity contribution is 5.47. The number of rotatable bonds is 7. The molecule has 0 fully saturated rings. The lowest BCUT2D eigenvalue weighted by Crippen LogP contribution is -2.40. The minimum atomic E-state index is -0.179. The Bertz CT molecular complexity index is 311. The predicted octanol–water partition coefficient (Wildman–Crippen LogP) is 3.04. The second kappa shape index (κ2) is 7.28. The van der Waals surface area contributed by atoms with Gasteiger partial charge < -0.3 is 10.2 Å². The second-order valence-electron chi connectivity index (χ2n) is 4.32. The van der Waals surface area contributed by atoms with Gasteiger partial charge in [0.1, 0.15) is 5.82 Å². The summed E-state index contributed by atoms with van der Waals surface area (Å²) in [7, 11) is 0. The van der Waals surface area contributed by atoms with E-state index in [4.69, 9.17) is 0 Å². The lowest BCUT2D eigenvalue weighted by molar-refractivity contribution is 0.565. The summed E-state index contributed by atoms with van der Waals surface area (Å²) < 4.78 is 12.9. The Balaban J connectivity index is 2.60. The summed E-state index contributed by atoms with van der Waals surface area (Å²) in [6.07, 6.45) is 1.15. The molecule has 96 valence electrons. The number of benzene rings is 1.